The molecule has 1 heterocycles. The first-order chi connectivity index (χ1) is 16.0. The van der Waals surface area contributed by atoms with E-state index < -0.39 is 24.0 Å². The zero-order chi connectivity index (χ0) is 23.2. The molecule has 0 fully saturated rings. The van der Waals surface area contributed by atoms with Crippen molar-refractivity contribution in [3.8, 4) is 11.1 Å². The fourth-order valence-corrected chi connectivity index (χ4v) is 3.66. The Morgan fingerprint density at radius 1 is 1.00 bits per heavy atom. The third-order valence-corrected chi connectivity index (χ3v) is 5.47. The van der Waals surface area contributed by atoms with Gasteiger partial charge >= 0.3 is 6.03 Å². The van der Waals surface area contributed by atoms with Gasteiger partial charge in [-0.1, -0.05) is 72.8 Å². The van der Waals surface area contributed by atoms with E-state index in [9.17, 15) is 14.3 Å². The number of nitrogens with zero attached hydrogens (tertiary/aromatic N) is 2. The van der Waals surface area contributed by atoms with Gasteiger partial charge in [-0.3, -0.25) is 0 Å². The number of imidazole rings is 1. The molecule has 2 amide bonds. The standard InChI is InChI=1S/C26H25FN4O2/c1-31-16-15-28-25(31)24(21-9-5-6-10-22(21)27)30-26(33)29-17-23(32)20-13-11-19(12-14-20)18-7-3-2-4-8-18/h2-16,23-24,32H,17H2,1H3,(H2,29,30,33). The Labute approximate surface area is 191 Å². The molecule has 0 aliphatic heterocycles. The van der Waals surface area contributed by atoms with Gasteiger partial charge in [0.25, 0.3) is 0 Å². The number of aryl methyl sites for hydroxylation is 1. The number of aliphatic hydroxyl groups is 1. The lowest BCUT2D eigenvalue weighted by Gasteiger charge is -2.21. The molecule has 3 aromatic carbocycles. The van der Waals surface area contributed by atoms with Crippen LogP contribution in [0.1, 0.15) is 29.1 Å². The first-order valence-corrected chi connectivity index (χ1v) is 10.6. The van der Waals surface area contributed by atoms with Crippen LogP contribution < -0.4 is 10.6 Å². The Morgan fingerprint density at radius 3 is 2.33 bits per heavy atom. The molecule has 33 heavy (non-hydrogen) atoms. The van der Waals surface area contributed by atoms with Gasteiger partial charge in [0.05, 0.1) is 6.10 Å². The highest BCUT2D eigenvalue weighted by molar-refractivity contribution is 5.75. The maximum atomic E-state index is 14.5. The number of hydrogen-bond acceptors (Lipinski definition) is 3. The number of rotatable bonds is 7. The van der Waals surface area contributed by atoms with E-state index in [-0.39, 0.29) is 6.54 Å². The Hall–Kier alpha value is -3.97. The lowest BCUT2D eigenvalue weighted by molar-refractivity contribution is 0.172. The second-order valence-electron chi connectivity index (χ2n) is 7.71. The van der Waals surface area contributed by atoms with Crippen LogP contribution in [0.4, 0.5) is 9.18 Å². The summed E-state index contributed by atoms with van der Waals surface area (Å²) in [5.74, 6) is 0.0524. The average Bonchev–Trinajstić information content (AvgIpc) is 3.27. The lowest BCUT2D eigenvalue weighted by Crippen LogP contribution is -2.41. The number of benzene rings is 3. The van der Waals surface area contributed by atoms with Crippen molar-refractivity contribution in [3.63, 3.8) is 0 Å². The number of hydrogen-bond donors (Lipinski definition) is 3. The van der Waals surface area contributed by atoms with Crippen LogP contribution in [0.3, 0.4) is 0 Å². The summed E-state index contributed by atoms with van der Waals surface area (Å²) in [6.07, 6.45) is 2.43. The van der Waals surface area contributed by atoms with Crippen molar-refractivity contribution in [1.29, 1.82) is 0 Å². The van der Waals surface area contributed by atoms with Crippen LogP contribution in [0.15, 0.2) is 91.3 Å². The van der Waals surface area contributed by atoms with E-state index in [2.05, 4.69) is 15.6 Å². The first-order valence-electron chi connectivity index (χ1n) is 10.6. The molecule has 0 radical (unpaired) electrons. The fourth-order valence-electron chi connectivity index (χ4n) is 3.66. The topological polar surface area (TPSA) is 79.2 Å². The summed E-state index contributed by atoms with van der Waals surface area (Å²) in [6, 6.07) is 22.4. The van der Waals surface area contributed by atoms with Crippen molar-refractivity contribution in [2.24, 2.45) is 7.05 Å². The molecule has 0 aliphatic carbocycles. The normalized spacial score (nSPS) is 12.7. The van der Waals surface area contributed by atoms with Gasteiger partial charge in [-0.2, -0.15) is 0 Å². The highest BCUT2D eigenvalue weighted by Crippen LogP contribution is 2.24. The van der Waals surface area contributed by atoms with Gasteiger partial charge in [-0.25, -0.2) is 14.2 Å². The summed E-state index contributed by atoms with van der Waals surface area (Å²) in [6.45, 7) is 0.00107. The van der Waals surface area contributed by atoms with Gasteiger partial charge in [0.1, 0.15) is 17.7 Å². The molecule has 0 aliphatic rings. The minimum absolute atomic E-state index is 0.00107. The van der Waals surface area contributed by atoms with Crippen LogP contribution in [0.25, 0.3) is 11.1 Å². The molecule has 0 saturated heterocycles. The van der Waals surface area contributed by atoms with Gasteiger partial charge in [0.15, 0.2) is 0 Å². The minimum Gasteiger partial charge on any atom is -0.387 e. The summed E-state index contributed by atoms with van der Waals surface area (Å²) >= 11 is 0. The molecule has 4 rings (SSSR count). The predicted octanol–water partition coefficient (Wildman–Crippen LogP) is 4.35. The third kappa shape index (κ3) is 5.27. The zero-order valence-electron chi connectivity index (χ0n) is 18.1. The molecule has 0 spiro atoms. The number of carbonyl (C=O) groups is 1. The zero-order valence-corrected chi connectivity index (χ0v) is 18.1. The average molecular weight is 445 g/mol. The highest BCUT2D eigenvalue weighted by Gasteiger charge is 2.23. The first kappa shape index (κ1) is 22.2. The van der Waals surface area contributed by atoms with E-state index in [1.54, 1.807) is 42.2 Å². The number of aromatic nitrogens is 2. The largest absolute Gasteiger partial charge is 0.387 e. The molecule has 3 N–H and O–H groups in total. The monoisotopic (exact) mass is 444 g/mol. The smallest absolute Gasteiger partial charge is 0.315 e. The maximum absolute atomic E-state index is 14.5. The molecule has 7 heteroatoms. The van der Waals surface area contributed by atoms with Crippen molar-refractivity contribution in [2.45, 2.75) is 12.1 Å². The van der Waals surface area contributed by atoms with Crippen LogP contribution in [0.2, 0.25) is 0 Å². The van der Waals surface area contributed by atoms with Gasteiger partial charge < -0.3 is 20.3 Å². The number of aliphatic hydroxyl groups excluding tert-OH is 1. The second-order valence-corrected chi connectivity index (χ2v) is 7.71. The van der Waals surface area contributed by atoms with Gasteiger partial charge in [0, 0.05) is 31.5 Å². The number of halogens is 1. The number of amides is 2. The van der Waals surface area contributed by atoms with E-state index >= 15 is 0 Å². The molecule has 6 nitrogen and oxygen atoms in total. The van der Waals surface area contributed by atoms with E-state index in [1.165, 1.54) is 6.07 Å². The molecule has 1 aromatic heterocycles. The lowest BCUT2D eigenvalue weighted by atomic mass is 10.0. The number of urea groups is 1. The second kappa shape index (κ2) is 10.1. The molecule has 168 valence electrons. The summed E-state index contributed by atoms with van der Waals surface area (Å²) in [4.78, 5) is 16.9. The minimum atomic E-state index is -0.888. The highest BCUT2D eigenvalue weighted by atomic mass is 19.1. The molecule has 2 atom stereocenters. The van der Waals surface area contributed by atoms with E-state index in [4.69, 9.17) is 0 Å². The molecule has 0 bridgehead atoms. The van der Waals surface area contributed by atoms with Crippen LogP contribution in [0, 0.1) is 5.82 Å². The third-order valence-electron chi connectivity index (χ3n) is 5.47. The molecule has 0 saturated carbocycles. The van der Waals surface area contributed by atoms with Gasteiger partial charge in [0.2, 0.25) is 0 Å². The van der Waals surface area contributed by atoms with E-state index in [1.807, 2.05) is 54.6 Å². The Kier molecular flexibility index (Phi) is 6.80. The SMILES string of the molecule is Cn1ccnc1C(NC(=O)NCC(O)c1ccc(-c2ccccc2)cc1)c1ccccc1F. The molecule has 2 unspecified atom stereocenters. The number of carbonyl (C=O) groups excluding carboxylic acids is 1. The Bertz CT molecular complexity index is 1210. The van der Waals surface area contributed by atoms with Crippen molar-refractivity contribution in [1.82, 2.24) is 20.2 Å². The quantitative estimate of drug-likeness (QED) is 0.397. The maximum Gasteiger partial charge on any atom is 0.315 e. The molecular weight excluding hydrogens is 419 g/mol. The van der Waals surface area contributed by atoms with Crippen molar-refractivity contribution in [2.75, 3.05) is 6.54 Å². The van der Waals surface area contributed by atoms with E-state index in [0.29, 0.717) is 17.0 Å². The summed E-state index contributed by atoms with van der Waals surface area (Å²) in [7, 11) is 1.78. The Morgan fingerprint density at radius 2 is 1.67 bits per heavy atom. The fraction of sp³-hybridized carbons (Fsp3) is 0.154. The summed E-state index contributed by atoms with van der Waals surface area (Å²) < 4.78 is 16.2. The van der Waals surface area contributed by atoms with Crippen LogP contribution in [0.5, 0.6) is 0 Å². The summed E-state index contributed by atoms with van der Waals surface area (Å²) in [5, 5.41) is 16.0. The predicted molar refractivity (Wildman–Crippen MR) is 125 cm³/mol. The summed E-state index contributed by atoms with van der Waals surface area (Å²) in [5.41, 5.74) is 3.12. The van der Waals surface area contributed by atoms with Crippen LogP contribution in [-0.2, 0) is 7.05 Å². The van der Waals surface area contributed by atoms with Crippen molar-refractivity contribution in [3.05, 3.63) is 114 Å². The van der Waals surface area contributed by atoms with E-state index in [0.717, 1.165) is 11.1 Å². The van der Waals surface area contributed by atoms with Crippen LogP contribution >= 0.6 is 0 Å². The molecular formula is C26H25FN4O2. The van der Waals surface area contributed by atoms with Crippen molar-refractivity contribution >= 4 is 6.03 Å². The van der Waals surface area contributed by atoms with Gasteiger partial charge in [-0.15, -0.1) is 0 Å². The number of nitrogens with one attached hydrogen (secondary N) is 2. The van der Waals surface area contributed by atoms with Crippen molar-refractivity contribution < 1.29 is 14.3 Å². The van der Waals surface area contributed by atoms with Crippen LogP contribution in [-0.4, -0.2) is 27.2 Å². The van der Waals surface area contributed by atoms with Gasteiger partial charge in [-0.05, 0) is 22.8 Å². The molecule has 4 aromatic rings. The Balaban J connectivity index is 1.41.